The van der Waals surface area contributed by atoms with E-state index < -0.39 is 0 Å². The fraction of sp³-hybridized carbons (Fsp3) is 0.111. The first kappa shape index (κ1) is 9.73. The van der Waals surface area contributed by atoms with Crippen molar-refractivity contribution in [3.05, 3.63) is 34.7 Å². The molecule has 0 aliphatic heterocycles. The van der Waals surface area contributed by atoms with Crippen LogP contribution in [0.1, 0.15) is 5.69 Å². The molecule has 0 bridgehead atoms. The molecule has 2 aromatic heterocycles. The van der Waals surface area contributed by atoms with Gasteiger partial charge in [0.05, 0.1) is 5.69 Å². The summed E-state index contributed by atoms with van der Waals surface area (Å²) >= 11 is 7.45. The first-order valence-electron chi connectivity index (χ1n) is 3.97. The van der Waals surface area contributed by atoms with Crippen LogP contribution in [0, 0.1) is 0 Å². The first-order valence-corrected chi connectivity index (χ1v) is 5.39. The number of thiol groups is 1. The van der Waals surface area contributed by atoms with Crippen molar-refractivity contribution in [1.82, 2.24) is 10.1 Å². The molecule has 0 radical (unpaired) electrons. The lowest BCUT2D eigenvalue weighted by atomic mass is 10.2. The third kappa shape index (κ3) is 1.99. The minimum absolute atomic E-state index is 0.574. The predicted octanol–water partition coefficient (Wildman–Crippen LogP) is 2.93. The molecule has 0 saturated heterocycles. The van der Waals surface area contributed by atoms with E-state index in [1.54, 1.807) is 12.4 Å². The quantitative estimate of drug-likeness (QED) is 0.853. The van der Waals surface area contributed by atoms with Crippen LogP contribution in [-0.2, 0) is 5.75 Å². The molecule has 0 aromatic carbocycles. The van der Waals surface area contributed by atoms with Gasteiger partial charge in [-0.05, 0) is 22.0 Å². The van der Waals surface area contributed by atoms with Crippen molar-refractivity contribution in [3.63, 3.8) is 0 Å². The van der Waals surface area contributed by atoms with Crippen LogP contribution in [0.5, 0.6) is 0 Å². The Labute approximate surface area is 95.1 Å². The highest BCUT2D eigenvalue weighted by atomic mass is 79.9. The highest BCUT2D eigenvalue weighted by molar-refractivity contribution is 9.10. The molecule has 3 nitrogen and oxygen atoms in total. The van der Waals surface area contributed by atoms with E-state index in [1.165, 1.54) is 0 Å². The molecule has 0 saturated carbocycles. The Hall–Kier alpha value is -0.810. The Morgan fingerprint density at radius 1 is 1.36 bits per heavy atom. The number of hydrogen-bond donors (Lipinski definition) is 1. The number of nitrogens with zero attached hydrogens (tertiary/aromatic N) is 2. The zero-order valence-corrected chi connectivity index (χ0v) is 9.62. The topological polar surface area (TPSA) is 38.9 Å². The monoisotopic (exact) mass is 270 g/mol. The smallest absolute Gasteiger partial charge is 0.168 e. The molecule has 0 spiro atoms. The van der Waals surface area contributed by atoms with E-state index in [9.17, 15) is 0 Å². The number of aromatic nitrogens is 2. The van der Waals surface area contributed by atoms with E-state index in [1.807, 2.05) is 12.1 Å². The van der Waals surface area contributed by atoms with Crippen LogP contribution in [0.2, 0.25) is 0 Å². The number of halogens is 1. The Morgan fingerprint density at radius 3 is 2.86 bits per heavy atom. The molecule has 0 unspecified atom stereocenters. The average molecular weight is 271 g/mol. The second-order valence-electron chi connectivity index (χ2n) is 2.73. The van der Waals surface area contributed by atoms with Crippen molar-refractivity contribution in [2.24, 2.45) is 0 Å². The summed E-state index contributed by atoms with van der Waals surface area (Å²) in [7, 11) is 0. The van der Waals surface area contributed by atoms with Gasteiger partial charge in [-0.1, -0.05) is 5.16 Å². The highest BCUT2D eigenvalue weighted by Gasteiger charge is 2.05. The average Bonchev–Trinajstić information content (AvgIpc) is 2.66. The van der Waals surface area contributed by atoms with E-state index in [0.717, 1.165) is 15.7 Å². The van der Waals surface area contributed by atoms with Gasteiger partial charge in [0.25, 0.3) is 0 Å². The molecule has 0 N–H and O–H groups in total. The molecule has 72 valence electrons. The zero-order valence-electron chi connectivity index (χ0n) is 7.14. The van der Waals surface area contributed by atoms with Crippen LogP contribution in [0.15, 0.2) is 33.5 Å². The lowest BCUT2D eigenvalue weighted by Gasteiger charge is -1.93. The largest absolute Gasteiger partial charge is 0.356 e. The standard InChI is InChI=1S/C9H7BrN2OS/c10-7-1-6(3-11-4-7)9-2-8(5-14)12-13-9/h1-4,14H,5H2. The van der Waals surface area contributed by atoms with Gasteiger partial charge in [0, 0.05) is 34.2 Å². The summed E-state index contributed by atoms with van der Waals surface area (Å²) in [6.45, 7) is 0. The fourth-order valence-electron chi connectivity index (χ4n) is 1.07. The van der Waals surface area contributed by atoms with Crippen LogP contribution in [0.25, 0.3) is 11.3 Å². The lowest BCUT2D eigenvalue weighted by Crippen LogP contribution is -1.77. The van der Waals surface area contributed by atoms with Crippen molar-refractivity contribution in [2.45, 2.75) is 5.75 Å². The summed E-state index contributed by atoms with van der Waals surface area (Å²) in [6.07, 6.45) is 3.45. The summed E-state index contributed by atoms with van der Waals surface area (Å²) in [5, 5.41) is 3.85. The molecule has 0 amide bonds. The Balaban J connectivity index is 2.39. The van der Waals surface area contributed by atoms with Crippen LogP contribution >= 0.6 is 28.6 Å². The van der Waals surface area contributed by atoms with Gasteiger partial charge in [-0.15, -0.1) is 0 Å². The molecule has 0 fully saturated rings. The van der Waals surface area contributed by atoms with Crippen LogP contribution in [-0.4, -0.2) is 10.1 Å². The van der Waals surface area contributed by atoms with Gasteiger partial charge in [0.15, 0.2) is 5.76 Å². The molecule has 2 aromatic rings. The zero-order chi connectivity index (χ0) is 9.97. The number of hydrogen-bond acceptors (Lipinski definition) is 4. The molecule has 2 heterocycles. The summed E-state index contributed by atoms with van der Waals surface area (Å²) in [6, 6.07) is 3.78. The predicted molar refractivity (Wildman–Crippen MR) is 60.1 cm³/mol. The Kier molecular flexibility index (Phi) is 2.88. The summed E-state index contributed by atoms with van der Waals surface area (Å²) in [5.41, 5.74) is 1.73. The Bertz CT molecular complexity index is 444. The van der Waals surface area contributed by atoms with Gasteiger partial charge < -0.3 is 4.52 Å². The third-order valence-corrected chi connectivity index (χ3v) is 2.47. The van der Waals surface area contributed by atoms with Gasteiger partial charge >= 0.3 is 0 Å². The molecule has 14 heavy (non-hydrogen) atoms. The third-order valence-electron chi connectivity index (χ3n) is 1.71. The SMILES string of the molecule is SCc1cc(-c2cncc(Br)c2)on1. The maximum atomic E-state index is 5.14. The first-order chi connectivity index (χ1) is 6.79. The van der Waals surface area contributed by atoms with E-state index in [4.69, 9.17) is 4.52 Å². The maximum Gasteiger partial charge on any atom is 0.168 e. The normalized spacial score (nSPS) is 10.4. The number of rotatable bonds is 2. The maximum absolute atomic E-state index is 5.14. The van der Waals surface area contributed by atoms with Crippen LogP contribution in [0.3, 0.4) is 0 Å². The van der Waals surface area contributed by atoms with Gasteiger partial charge in [0.2, 0.25) is 0 Å². The van der Waals surface area contributed by atoms with Gasteiger partial charge in [0.1, 0.15) is 0 Å². The fourth-order valence-corrected chi connectivity index (χ4v) is 1.58. The van der Waals surface area contributed by atoms with E-state index >= 15 is 0 Å². The molecule has 5 heteroatoms. The minimum Gasteiger partial charge on any atom is -0.356 e. The molecule has 0 aliphatic carbocycles. The molecule has 2 rings (SSSR count). The number of pyridine rings is 1. The lowest BCUT2D eigenvalue weighted by molar-refractivity contribution is 0.426. The van der Waals surface area contributed by atoms with Crippen molar-refractivity contribution in [2.75, 3.05) is 0 Å². The van der Waals surface area contributed by atoms with Gasteiger partial charge in [-0.3, -0.25) is 4.98 Å². The second-order valence-corrected chi connectivity index (χ2v) is 3.96. The van der Waals surface area contributed by atoms with Crippen molar-refractivity contribution in [1.29, 1.82) is 0 Å². The van der Waals surface area contributed by atoms with Crippen LogP contribution in [0.4, 0.5) is 0 Å². The highest BCUT2D eigenvalue weighted by Crippen LogP contribution is 2.22. The van der Waals surface area contributed by atoms with E-state index in [-0.39, 0.29) is 0 Å². The molecule has 0 aliphatic rings. The van der Waals surface area contributed by atoms with E-state index in [2.05, 4.69) is 38.7 Å². The summed E-state index contributed by atoms with van der Waals surface area (Å²) in [5.74, 6) is 1.29. The van der Waals surface area contributed by atoms with Crippen molar-refractivity contribution < 1.29 is 4.52 Å². The van der Waals surface area contributed by atoms with Crippen molar-refractivity contribution >= 4 is 28.6 Å². The van der Waals surface area contributed by atoms with Crippen molar-refractivity contribution in [3.8, 4) is 11.3 Å². The molecular weight excluding hydrogens is 264 g/mol. The summed E-state index contributed by atoms with van der Waals surface area (Å²) in [4.78, 5) is 4.04. The van der Waals surface area contributed by atoms with E-state index in [0.29, 0.717) is 11.5 Å². The molecular formula is C9H7BrN2OS. The minimum atomic E-state index is 0.574. The Morgan fingerprint density at radius 2 is 2.21 bits per heavy atom. The molecule has 0 atom stereocenters. The van der Waals surface area contributed by atoms with Crippen LogP contribution < -0.4 is 0 Å². The van der Waals surface area contributed by atoms with Gasteiger partial charge in [-0.2, -0.15) is 12.6 Å². The second kappa shape index (κ2) is 4.14. The van der Waals surface area contributed by atoms with Gasteiger partial charge in [-0.25, -0.2) is 0 Å². The summed E-state index contributed by atoms with van der Waals surface area (Å²) < 4.78 is 6.05.